The van der Waals surface area contributed by atoms with Gasteiger partial charge in [0.05, 0.1) is 38.0 Å². The molecule has 1 aliphatic rings. The summed E-state index contributed by atoms with van der Waals surface area (Å²) in [5.74, 6) is 0.289. The van der Waals surface area contributed by atoms with E-state index in [1.165, 1.54) is 26.4 Å². The highest BCUT2D eigenvalue weighted by molar-refractivity contribution is 7.92. The van der Waals surface area contributed by atoms with Gasteiger partial charge in [-0.05, 0) is 42.3 Å². The van der Waals surface area contributed by atoms with Crippen LogP contribution >= 0.6 is 0 Å². The highest BCUT2D eigenvalue weighted by Gasteiger charge is 2.30. The van der Waals surface area contributed by atoms with Gasteiger partial charge in [0.2, 0.25) is 5.91 Å². The van der Waals surface area contributed by atoms with Crippen LogP contribution in [0.15, 0.2) is 71.6 Å². The fourth-order valence-corrected chi connectivity index (χ4v) is 5.79. The third-order valence-electron chi connectivity index (χ3n) is 6.54. The van der Waals surface area contributed by atoms with Gasteiger partial charge in [-0.3, -0.25) is 14.0 Å². The monoisotopic (exact) mass is 553 g/mol. The van der Waals surface area contributed by atoms with Gasteiger partial charge in [0.15, 0.2) is 0 Å². The summed E-state index contributed by atoms with van der Waals surface area (Å²) >= 11 is 0. The molecular formula is C29H35N3O6S. The molecule has 3 aromatic carbocycles. The number of nitrogens with zero attached hydrogens (tertiary/aromatic N) is 2. The standard InChI is InChI=1S/C29H35N3O6S/c1-22-7-10-26(11-8-22)39(34,35)32(27-18-25(36-2)9-12-28(27)37-3)21-29(33)30-19-23-5-4-6-24(17-23)20-31-13-15-38-16-14-31/h4-12,17-18H,13-16,19-21H2,1-3H3,(H,30,33). The topological polar surface area (TPSA) is 97.4 Å². The van der Waals surface area contributed by atoms with Crippen LogP contribution in [0, 0.1) is 6.92 Å². The fourth-order valence-electron chi connectivity index (χ4n) is 4.37. The van der Waals surface area contributed by atoms with Crippen molar-refractivity contribution in [2.75, 3.05) is 51.4 Å². The Bertz CT molecular complexity index is 1370. The maximum atomic E-state index is 13.8. The van der Waals surface area contributed by atoms with Crippen LogP contribution in [-0.4, -0.2) is 66.3 Å². The van der Waals surface area contributed by atoms with E-state index in [-0.39, 0.29) is 17.1 Å². The number of sulfonamides is 1. The minimum Gasteiger partial charge on any atom is -0.497 e. The molecule has 0 saturated carbocycles. The fraction of sp³-hybridized carbons (Fsp3) is 0.345. The Hall–Kier alpha value is -3.60. The van der Waals surface area contributed by atoms with Gasteiger partial charge in [-0.25, -0.2) is 8.42 Å². The minimum absolute atomic E-state index is 0.0709. The molecule has 0 spiro atoms. The predicted molar refractivity (Wildman–Crippen MR) is 150 cm³/mol. The lowest BCUT2D eigenvalue weighted by Crippen LogP contribution is -2.41. The van der Waals surface area contributed by atoms with Crippen LogP contribution in [-0.2, 0) is 32.6 Å². The molecule has 0 radical (unpaired) electrons. The van der Waals surface area contributed by atoms with Crippen molar-refractivity contribution in [2.24, 2.45) is 0 Å². The van der Waals surface area contributed by atoms with Gasteiger partial charge in [0.1, 0.15) is 18.0 Å². The lowest BCUT2D eigenvalue weighted by Gasteiger charge is -2.27. The van der Waals surface area contributed by atoms with E-state index >= 15 is 0 Å². The average molecular weight is 554 g/mol. The summed E-state index contributed by atoms with van der Waals surface area (Å²) in [4.78, 5) is 15.6. The highest BCUT2D eigenvalue weighted by atomic mass is 32.2. The smallest absolute Gasteiger partial charge is 0.264 e. The molecule has 1 N–H and O–H groups in total. The summed E-state index contributed by atoms with van der Waals surface area (Å²) < 4.78 is 44.8. The third-order valence-corrected chi connectivity index (χ3v) is 8.32. The van der Waals surface area contributed by atoms with Crippen LogP contribution < -0.4 is 19.1 Å². The molecule has 0 unspecified atom stereocenters. The number of benzene rings is 3. The Balaban J connectivity index is 1.54. The van der Waals surface area contributed by atoms with Gasteiger partial charge in [-0.2, -0.15) is 0 Å². The number of methoxy groups -OCH3 is 2. The summed E-state index contributed by atoms with van der Waals surface area (Å²) in [5.41, 5.74) is 3.21. The van der Waals surface area contributed by atoms with E-state index in [9.17, 15) is 13.2 Å². The van der Waals surface area contributed by atoms with Crippen molar-refractivity contribution in [3.05, 3.63) is 83.4 Å². The zero-order valence-corrected chi connectivity index (χ0v) is 23.4. The van der Waals surface area contributed by atoms with Crippen molar-refractivity contribution in [3.8, 4) is 11.5 Å². The van der Waals surface area contributed by atoms with Crippen LogP contribution in [0.5, 0.6) is 11.5 Å². The molecule has 10 heteroatoms. The first-order valence-electron chi connectivity index (χ1n) is 12.8. The van der Waals surface area contributed by atoms with Crippen molar-refractivity contribution < 1.29 is 27.4 Å². The van der Waals surface area contributed by atoms with Gasteiger partial charge in [0.25, 0.3) is 10.0 Å². The Morgan fingerprint density at radius 1 is 0.974 bits per heavy atom. The normalized spacial score (nSPS) is 14.0. The number of carbonyl (C=O) groups excluding carboxylic acids is 1. The average Bonchev–Trinajstić information content (AvgIpc) is 2.95. The summed E-state index contributed by atoms with van der Waals surface area (Å²) in [6.07, 6.45) is 0. The van der Waals surface area contributed by atoms with Gasteiger partial charge in [-0.1, -0.05) is 42.0 Å². The minimum atomic E-state index is -4.11. The molecular weight excluding hydrogens is 518 g/mol. The lowest BCUT2D eigenvalue weighted by atomic mass is 10.1. The highest BCUT2D eigenvalue weighted by Crippen LogP contribution is 2.35. The van der Waals surface area contributed by atoms with Crippen molar-refractivity contribution in [2.45, 2.75) is 24.9 Å². The van der Waals surface area contributed by atoms with Gasteiger partial charge >= 0.3 is 0 Å². The summed E-state index contributed by atoms with van der Waals surface area (Å²) in [6, 6.07) is 19.4. The second-order valence-electron chi connectivity index (χ2n) is 9.35. The van der Waals surface area contributed by atoms with E-state index in [0.29, 0.717) is 11.5 Å². The molecule has 1 fully saturated rings. The molecule has 0 aromatic heterocycles. The van der Waals surface area contributed by atoms with Crippen molar-refractivity contribution in [1.29, 1.82) is 0 Å². The zero-order chi connectivity index (χ0) is 27.8. The molecule has 0 bridgehead atoms. The molecule has 4 rings (SSSR count). The van der Waals surface area contributed by atoms with Crippen LogP contribution in [0.3, 0.4) is 0 Å². The number of ether oxygens (including phenoxy) is 3. The van der Waals surface area contributed by atoms with Crippen molar-refractivity contribution in [3.63, 3.8) is 0 Å². The molecule has 208 valence electrons. The van der Waals surface area contributed by atoms with E-state index in [1.54, 1.807) is 30.3 Å². The van der Waals surface area contributed by atoms with Crippen LogP contribution in [0.2, 0.25) is 0 Å². The van der Waals surface area contributed by atoms with Crippen LogP contribution in [0.4, 0.5) is 5.69 Å². The van der Waals surface area contributed by atoms with Crippen molar-refractivity contribution in [1.82, 2.24) is 10.2 Å². The van der Waals surface area contributed by atoms with E-state index in [4.69, 9.17) is 14.2 Å². The summed E-state index contributed by atoms with van der Waals surface area (Å²) in [6.45, 7) is 5.76. The number of hydrogen-bond donors (Lipinski definition) is 1. The molecule has 1 saturated heterocycles. The van der Waals surface area contributed by atoms with E-state index in [1.807, 2.05) is 19.1 Å². The molecule has 9 nitrogen and oxygen atoms in total. The molecule has 1 aliphatic heterocycles. The van der Waals surface area contributed by atoms with Gasteiger partial charge in [-0.15, -0.1) is 0 Å². The first-order chi connectivity index (χ1) is 18.8. The molecule has 1 heterocycles. The molecule has 0 atom stereocenters. The Kier molecular flexibility index (Phi) is 9.45. The zero-order valence-electron chi connectivity index (χ0n) is 22.6. The largest absolute Gasteiger partial charge is 0.497 e. The van der Waals surface area contributed by atoms with E-state index < -0.39 is 22.5 Å². The number of anilines is 1. The Morgan fingerprint density at radius 2 is 1.69 bits per heavy atom. The van der Waals surface area contributed by atoms with E-state index in [2.05, 4.69) is 22.3 Å². The van der Waals surface area contributed by atoms with Crippen LogP contribution in [0.1, 0.15) is 16.7 Å². The lowest BCUT2D eigenvalue weighted by molar-refractivity contribution is -0.119. The molecule has 0 aliphatic carbocycles. The SMILES string of the molecule is COc1ccc(OC)c(N(CC(=O)NCc2cccc(CN3CCOCC3)c2)S(=O)(=O)c2ccc(C)cc2)c1. The summed E-state index contributed by atoms with van der Waals surface area (Å²) in [7, 11) is -1.17. The van der Waals surface area contributed by atoms with Crippen molar-refractivity contribution >= 4 is 21.6 Å². The second kappa shape index (κ2) is 13.0. The third kappa shape index (κ3) is 7.29. The number of hydrogen-bond acceptors (Lipinski definition) is 7. The number of carbonyl (C=O) groups is 1. The number of amides is 1. The molecule has 39 heavy (non-hydrogen) atoms. The predicted octanol–water partition coefficient (Wildman–Crippen LogP) is 3.36. The van der Waals surface area contributed by atoms with E-state index in [0.717, 1.165) is 53.8 Å². The van der Waals surface area contributed by atoms with Gasteiger partial charge in [0, 0.05) is 32.2 Å². The number of rotatable bonds is 11. The first kappa shape index (κ1) is 28.4. The number of aryl methyl sites for hydroxylation is 1. The van der Waals surface area contributed by atoms with Crippen LogP contribution in [0.25, 0.3) is 0 Å². The Labute approximate surface area is 230 Å². The number of nitrogens with one attached hydrogen (secondary N) is 1. The maximum absolute atomic E-state index is 13.8. The molecule has 3 aromatic rings. The first-order valence-corrected chi connectivity index (χ1v) is 14.2. The summed E-state index contributed by atoms with van der Waals surface area (Å²) in [5, 5.41) is 2.88. The molecule has 1 amide bonds. The maximum Gasteiger partial charge on any atom is 0.264 e. The quantitative estimate of drug-likeness (QED) is 0.389. The second-order valence-corrected chi connectivity index (χ2v) is 11.2. The Morgan fingerprint density at radius 3 is 2.38 bits per heavy atom. The number of morpholine rings is 1. The van der Waals surface area contributed by atoms with Gasteiger partial charge < -0.3 is 19.5 Å².